The van der Waals surface area contributed by atoms with Crippen LogP contribution in [0.5, 0.6) is 5.75 Å². The lowest BCUT2D eigenvalue weighted by molar-refractivity contribution is 0.253. The molecule has 0 spiro atoms. The number of nitrogens with one attached hydrogen (secondary N) is 1. The fourth-order valence-corrected chi connectivity index (χ4v) is 2.35. The first-order valence-corrected chi connectivity index (χ1v) is 5.57. The molecule has 16 heavy (non-hydrogen) atoms. The largest absolute Gasteiger partial charge is 0.496 e. The van der Waals surface area contributed by atoms with Crippen molar-refractivity contribution in [3.63, 3.8) is 0 Å². The van der Waals surface area contributed by atoms with Crippen LogP contribution in [0.15, 0.2) is 24.3 Å². The van der Waals surface area contributed by atoms with Crippen LogP contribution >= 0.6 is 0 Å². The maximum atomic E-state index is 6.45. The Hall–Kier alpha value is -1.10. The van der Waals surface area contributed by atoms with Crippen molar-refractivity contribution < 1.29 is 4.74 Å². The van der Waals surface area contributed by atoms with Crippen molar-refractivity contribution in [2.24, 2.45) is 11.5 Å². The van der Waals surface area contributed by atoms with E-state index in [1.165, 1.54) is 0 Å². The molecule has 0 amide bonds. The van der Waals surface area contributed by atoms with E-state index in [2.05, 4.69) is 5.32 Å². The molecule has 4 nitrogen and oxygen atoms in total. The zero-order valence-corrected chi connectivity index (χ0v) is 9.57. The quantitative estimate of drug-likeness (QED) is 0.680. The summed E-state index contributed by atoms with van der Waals surface area (Å²) in [6.45, 7) is 0.843. The summed E-state index contributed by atoms with van der Waals surface area (Å²) in [5, 5.41) is 3.20. The predicted molar refractivity (Wildman–Crippen MR) is 64.1 cm³/mol. The maximum absolute atomic E-state index is 6.45. The molecular formula is C12H19N3O. The van der Waals surface area contributed by atoms with Gasteiger partial charge in [0.1, 0.15) is 5.75 Å². The molecule has 0 aliphatic carbocycles. The van der Waals surface area contributed by atoms with Gasteiger partial charge in [0.2, 0.25) is 0 Å². The van der Waals surface area contributed by atoms with Crippen molar-refractivity contribution >= 4 is 0 Å². The third kappa shape index (κ3) is 2.04. The van der Waals surface area contributed by atoms with Gasteiger partial charge < -0.3 is 21.5 Å². The predicted octanol–water partition coefficient (Wildman–Crippen LogP) is 0.517. The number of hydrogen-bond acceptors (Lipinski definition) is 4. The minimum absolute atomic E-state index is 0.0383. The van der Waals surface area contributed by atoms with E-state index in [0.29, 0.717) is 0 Å². The summed E-state index contributed by atoms with van der Waals surface area (Å²) < 4.78 is 5.36. The summed E-state index contributed by atoms with van der Waals surface area (Å²) >= 11 is 0. The highest BCUT2D eigenvalue weighted by Crippen LogP contribution is 2.34. The molecule has 1 aromatic rings. The highest BCUT2D eigenvalue weighted by atomic mass is 16.5. The zero-order chi connectivity index (χ0) is 11.6. The van der Waals surface area contributed by atoms with E-state index in [9.17, 15) is 0 Å². The van der Waals surface area contributed by atoms with Crippen LogP contribution in [0.2, 0.25) is 0 Å². The molecule has 2 unspecified atom stereocenters. The van der Waals surface area contributed by atoms with Crippen LogP contribution in [0.25, 0.3) is 0 Å². The Morgan fingerprint density at radius 2 is 2.19 bits per heavy atom. The summed E-state index contributed by atoms with van der Waals surface area (Å²) in [5.41, 5.74) is 13.0. The Kier molecular flexibility index (Phi) is 3.14. The van der Waals surface area contributed by atoms with Crippen LogP contribution in [0.4, 0.5) is 0 Å². The van der Waals surface area contributed by atoms with Crippen molar-refractivity contribution in [1.82, 2.24) is 5.32 Å². The van der Waals surface area contributed by atoms with Crippen molar-refractivity contribution in [3.05, 3.63) is 29.8 Å². The van der Waals surface area contributed by atoms with E-state index in [-0.39, 0.29) is 11.7 Å². The summed E-state index contributed by atoms with van der Waals surface area (Å²) in [6, 6.07) is 7.90. The van der Waals surface area contributed by atoms with Crippen molar-refractivity contribution in [2.45, 2.75) is 24.5 Å². The van der Waals surface area contributed by atoms with Crippen molar-refractivity contribution in [2.75, 3.05) is 13.7 Å². The second kappa shape index (κ2) is 4.41. The van der Waals surface area contributed by atoms with Gasteiger partial charge in [0.05, 0.1) is 13.3 Å². The van der Waals surface area contributed by atoms with Gasteiger partial charge in [-0.3, -0.25) is 0 Å². The number of nitrogens with two attached hydrogens (primary N) is 2. The van der Waals surface area contributed by atoms with Crippen LogP contribution in [0.3, 0.4) is 0 Å². The second-order valence-corrected chi connectivity index (χ2v) is 4.37. The third-order valence-corrected chi connectivity index (χ3v) is 3.21. The van der Waals surface area contributed by atoms with Gasteiger partial charge in [-0.05, 0) is 25.5 Å². The number of ether oxygens (including phenoxy) is 1. The first-order valence-electron chi connectivity index (χ1n) is 5.57. The van der Waals surface area contributed by atoms with Crippen LogP contribution in [-0.2, 0) is 5.54 Å². The third-order valence-electron chi connectivity index (χ3n) is 3.21. The fourth-order valence-electron chi connectivity index (χ4n) is 2.35. The molecule has 0 aromatic heterocycles. The topological polar surface area (TPSA) is 73.3 Å². The van der Waals surface area contributed by atoms with Crippen molar-refractivity contribution in [1.29, 1.82) is 0 Å². The van der Waals surface area contributed by atoms with Crippen molar-refractivity contribution in [3.8, 4) is 5.75 Å². The lowest BCUT2D eigenvalue weighted by Gasteiger charge is -2.38. The Bertz CT molecular complexity index is 369. The van der Waals surface area contributed by atoms with Crippen LogP contribution in [0, 0.1) is 0 Å². The summed E-state index contributed by atoms with van der Waals surface area (Å²) in [5.74, 6) is 0.846. The number of hydrogen-bond donors (Lipinski definition) is 3. The average molecular weight is 221 g/mol. The second-order valence-electron chi connectivity index (χ2n) is 4.37. The lowest BCUT2D eigenvalue weighted by atomic mass is 9.81. The normalized spacial score (nSPS) is 30.1. The highest BCUT2D eigenvalue weighted by Gasteiger charge is 2.34. The summed E-state index contributed by atoms with van der Waals surface area (Å²) in [4.78, 5) is 0. The van der Waals surface area contributed by atoms with E-state index < -0.39 is 0 Å². The molecule has 1 saturated heterocycles. The van der Waals surface area contributed by atoms with E-state index in [0.717, 1.165) is 30.7 Å². The molecule has 5 N–H and O–H groups in total. The SMILES string of the molecule is COc1ccccc1C1(N)CCNC(N)C1. The van der Waals surface area contributed by atoms with Crippen LogP contribution in [0.1, 0.15) is 18.4 Å². The molecule has 0 radical (unpaired) electrons. The average Bonchev–Trinajstić information content (AvgIpc) is 2.29. The number of benzene rings is 1. The van der Waals surface area contributed by atoms with Gasteiger partial charge in [0.25, 0.3) is 0 Å². The molecule has 0 bridgehead atoms. The smallest absolute Gasteiger partial charge is 0.123 e. The van der Waals surface area contributed by atoms with E-state index >= 15 is 0 Å². The Morgan fingerprint density at radius 1 is 1.44 bits per heavy atom. The van der Waals surface area contributed by atoms with Gasteiger partial charge in [-0.2, -0.15) is 0 Å². The number of rotatable bonds is 2. The van der Waals surface area contributed by atoms with Gasteiger partial charge in [0, 0.05) is 11.1 Å². The molecule has 0 saturated carbocycles. The van der Waals surface area contributed by atoms with E-state index in [1.807, 2.05) is 24.3 Å². The first kappa shape index (κ1) is 11.4. The summed E-state index contributed by atoms with van der Waals surface area (Å²) in [6.07, 6.45) is 1.57. The minimum Gasteiger partial charge on any atom is -0.496 e. The molecule has 1 aliphatic heterocycles. The Morgan fingerprint density at radius 3 is 2.88 bits per heavy atom. The van der Waals surface area contributed by atoms with Gasteiger partial charge in [-0.15, -0.1) is 0 Å². The number of para-hydroxylation sites is 1. The van der Waals surface area contributed by atoms with Gasteiger partial charge >= 0.3 is 0 Å². The molecule has 1 fully saturated rings. The van der Waals surface area contributed by atoms with Crippen LogP contribution in [-0.4, -0.2) is 19.8 Å². The van der Waals surface area contributed by atoms with Gasteiger partial charge in [-0.25, -0.2) is 0 Å². The molecule has 2 atom stereocenters. The van der Waals surface area contributed by atoms with Crippen LogP contribution < -0.4 is 21.5 Å². The number of piperidine rings is 1. The molecule has 88 valence electrons. The molecular weight excluding hydrogens is 202 g/mol. The highest BCUT2D eigenvalue weighted by molar-refractivity contribution is 5.39. The fraction of sp³-hybridized carbons (Fsp3) is 0.500. The Labute approximate surface area is 96.0 Å². The molecule has 4 heteroatoms. The van der Waals surface area contributed by atoms with Gasteiger partial charge in [-0.1, -0.05) is 18.2 Å². The van der Waals surface area contributed by atoms with E-state index in [1.54, 1.807) is 7.11 Å². The Balaban J connectivity index is 2.34. The lowest BCUT2D eigenvalue weighted by Crippen LogP contribution is -2.54. The van der Waals surface area contributed by atoms with E-state index in [4.69, 9.17) is 16.2 Å². The molecule has 1 aromatic carbocycles. The minimum atomic E-state index is -0.378. The first-order chi connectivity index (χ1) is 7.65. The van der Waals surface area contributed by atoms with Gasteiger partial charge in [0.15, 0.2) is 0 Å². The standard InChI is InChI=1S/C12H19N3O/c1-16-10-5-3-2-4-9(10)12(14)6-7-15-11(13)8-12/h2-5,11,15H,6-8,13-14H2,1H3. The molecule has 1 aliphatic rings. The summed E-state index contributed by atoms with van der Waals surface area (Å²) in [7, 11) is 1.67. The molecule has 1 heterocycles. The zero-order valence-electron chi connectivity index (χ0n) is 9.57. The monoisotopic (exact) mass is 221 g/mol. The number of methoxy groups -OCH3 is 1. The molecule has 2 rings (SSSR count). The maximum Gasteiger partial charge on any atom is 0.123 e.